The van der Waals surface area contributed by atoms with Crippen LogP contribution in [-0.4, -0.2) is 11.8 Å². The molecule has 0 radical (unpaired) electrons. The molecule has 0 saturated carbocycles. The van der Waals surface area contributed by atoms with Crippen molar-refractivity contribution in [2.24, 2.45) is 0 Å². The summed E-state index contributed by atoms with van der Waals surface area (Å²) in [6.45, 7) is 6.57. The third kappa shape index (κ3) is 1.68. The monoisotopic (exact) mass is 193 g/mol. The van der Waals surface area contributed by atoms with Crippen molar-refractivity contribution in [2.75, 3.05) is 11.1 Å². The van der Waals surface area contributed by atoms with Crippen LogP contribution in [0.2, 0.25) is 0 Å². The summed E-state index contributed by atoms with van der Waals surface area (Å²) in [4.78, 5) is 1.41. The van der Waals surface area contributed by atoms with Gasteiger partial charge in [-0.2, -0.15) is 0 Å². The predicted molar refractivity (Wildman–Crippen MR) is 59.7 cm³/mol. The minimum Gasteiger partial charge on any atom is -0.381 e. The molecule has 0 aromatic heterocycles. The van der Waals surface area contributed by atoms with Gasteiger partial charge in [-0.1, -0.05) is 6.07 Å². The highest BCUT2D eigenvalue weighted by molar-refractivity contribution is 7.99. The summed E-state index contributed by atoms with van der Waals surface area (Å²) in [6, 6.07) is 5.11. The molecule has 0 aliphatic carbocycles. The molecule has 0 saturated heterocycles. The first-order valence-electron chi connectivity index (χ1n) is 4.67. The smallest absolute Gasteiger partial charge is 0.0510 e. The Morgan fingerprint density at radius 3 is 2.92 bits per heavy atom. The summed E-state index contributed by atoms with van der Waals surface area (Å²) >= 11 is 1.96. The molecular weight excluding hydrogens is 178 g/mol. The Kier molecular flexibility index (Phi) is 2.24. The maximum absolute atomic E-state index is 3.53. The number of hydrogen-bond acceptors (Lipinski definition) is 2. The first-order valence-corrected chi connectivity index (χ1v) is 5.66. The number of hydrogen-bond donors (Lipinski definition) is 1. The highest BCUT2D eigenvalue weighted by Crippen LogP contribution is 2.36. The van der Waals surface area contributed by atoms with Gasteiger partial charge in [0, 0.05) is 16.7 Å². The van der Waals surface area contributed by atoms with E-state index in [-0.39, 0.29) is 0 Å². The molecule has 2 heteroatoms. The van der Waals surface area contributed by atoms with E-state index in [9.17, 15) is 0 Å². The van der Waals surface area contributed by atoms with E-state index in [1.165, 1.54) is 27.5 Å². The molecule has 1 aliphatic rings. The van der Waals surface area contributed by atoms with Gasteiger partial charge in [0.05, 0.1) is 5.69 Å². The number of rotatable bonds is 0. The first-order chi connectivity index (χ1) is 6.16. The lowest BCUT2D eigenvalue weighted by Gasteiger charge is -2.25. The van der Waals surface area contributed by atoms with Crippen LogP contribution in [0.15, 0.2) is 17.0 Å². The fourth-order valence-corrected chi connectivity index (χ4v) is 2.88. The van der Waals surface area contributed by atoms with Gasteiger partial charge in [-0.05, 0) is 38.0 Å². The van der Waals surface area contributed by atoms with Crippen molar-refractivity contribution < 1.29 is 0 Å². The maximum Gasteiger partial charge on any atom is 0.0510 e. The Morgan fingerprint density at radius 1 is 1.38 bits per heavy atom. The van der Waals surface area contributed by atoms with Crippen molar-refractivity contribution in [1.82, 2.24) is 0 Å². The standard InChI is InChI=1S/C11H15NS/c1-7-4-8(2)11-10(5-7)13-6-9(3)12-11/h4-5,9,12H,6H2,1-3H3. The quantitative estimate of drug-likeness (QED) is 0.679. The molecule has 70 valence electrons. The van der Waals surface area contributed by atoms with Crippen molar-refractivity contribution in [1.29, 1.82) is 0 Å². The summed E-state index contributed by atoms with van der Waals surface area (Å²) in [5.41, 5.74) is 4.07. The molecule has 1 N–H and O–H groups in total. The van der Waals surface area contributed by atoms with Gasteiger partial charge >= 0.3 is 0 Å². The Labute approximate surface area is 83.9 Å². The van der Waals surface area contributed by atoms with E-state index >= 15 is 0 Å². The molecule has 0 fully saturated rings. The van der Waals surface area contributed by atoms with Gasteiger partial charge < -0.3 is 5.32 Å². The van der Waals surface area contributed by atoms with Gasteiger partial charge in [0.25, 0.3) is 0 Å². The third-order valence-corrected chi connectivity index (χ3v) is 3.62. The van der Waals surface area contributed by atoms with E-state index in [0.717, 1.165) is 0 Å². The van der Waals surface area contributed by atoms with Crippen LogP contribution in [0.3, 0.4) is 0 Å². The van der Waals surface area contributed by atoms with E-state index < -0.39 is 0 Å². The second kappa shape index (κ2) is 3.26. The summed E-state index contributed by atoms with van der Waals surface area (Å²) in [6.07, 6.45) is 0. The highest BCUT2D eigenvalue weighted by Gasteiger charge is 2.16. The molecule has 1 aromatic rings. The van der Waals surface area contributed by atoms with Crippen LogP contribution in [0.5, 0.6) is 0 Å². The lowest BCUT2D eigenvalue weighted by atomic mass is 10.1. The SMILES string of the molecule is Cc1cc(C)c2c(c1)SCC(C)N2. The van der Waals surface area contributed by atoms with Crippen LogP contribution in [0.25, 0.3) is 0 Å². The fourth-order valence-electron chi connectivity index (χ4n) is 1.73. The van der Waals surface area contributed by atoms with E-state index in [1.807, 2.05) is 11.8 Å². The van der Waals surface area contributed by atoms with Crippen LogP contribution >= 0.6 is 11.8 Å². The Balaban J connectivity index is 2.47. The van der Waals surface area contributed by atoms with Crippen LogP contribution in [0.4, 0.5) is 5.69 Å². The van der Waals surface area contributed by atoms with E-state index in [2.05, 4.69) is 38.2 Å². The van der Waals surface area contributed by atoms with Crippen molar-refractivity contribution in [3.05, 3.63) is 23.3 Å². The zero-order valence-corrected chi connectivity index (χ0v) is 9.16. The normalized spacial score (nSPS) is 20.7. The largest absolute Gasteiger partial charge is 0.381 e. The van der Waals surface area contributed by atoms with Gasteiger partial charge in [0.15, 0.2) is 0 Å². The molecule has 0 bridgehead atoms. The molecule has 1 heterocycles. The number of aryl methyl sites for hydroxylation is 2. The van der Waals surface area contributed by atoms with E-state index in [4.69, 9.17) is 0 Å². The first kappa shape index (κ1) is 8.95. The predicted octanol–water partition coefficient (Wildman–Crippen LogP) is 3.21. The summed E-state index contributed by atoms with van der Waals surface area (Å²) < 4.78 is 0. The molecule has 0 amide bonds. The summed E-state index contributed by atoms with van der Waals surface area (Å²) in [5, 5.41) is 3.53. The Morgan fingerprint density at radius 2 is 2.15 bits per heavy atom. The zero-order chi connectivity index (χ0) is 9.42. The van der Waals surface area contributed by atoms with Crippen molar-refractivity contribution in [3.63, 3.8) is 0 Å². The second-order valence-electron chi connectivity index (χ2n) is 3.81. The van der Waals surface area contributed by atoms with Gasteiger partial charge in [-0.15, -0.1) is 11.8 Å². The molecule has 1 nitrogen and oxygen atoms in total. The van der Waals surface area contributed by atoms with Crippen molar-refractivity contribution in [2.45, 2.75) is 31.7 Å². The van der Waals surface area contributed by atoms with Gasteiger partial charge in [-0.25, -0.2) is 0 Å². The number of nitrogens with one attached hydrogen (secondary N) is 1. The molecule has 1 aliphatic heterocycles. The van der Waals surface area contributed by atoms with Crippen molar-refractivity contribution >= 4 is 17.4 Å². The van der Waals surface area contributed by atoms with Gasteiger partial charge in [-0.3, -0.25) is 0 Å². The number of benzene rings is 1. The molecule has 1 unspecified atom stereocenters. The van der Waals surface area contributed by atoms with E-state index in [1.54, 1.807) is 0 Å². The average molecular weight is 193 g/mol. The lowest BCUT2D eigenvalue weighted by Crippen LogP contribution is -2.22. The van der Waals surface area contributed by atoms with Crippen molar-refractivity contribution in [3.8, 4) is 0 Å². The average Bonchev–Trinajstić information content (AvgIpc) is 2.06. The second-order valence-corrected chi connectivity index (χ2v) is 4.87. The number of anilines is 1. The molecule has 0 spiro atoms. The number of fused-ring (bicyclic) bond motifs is 1. The molecule has 13 heavy (non-hydrogen) atoms. The third-order valence-electron chi connectivity index (χ3n) is 2.32. The van der Waals surface area contributed by atoms with Crippen LogP contribution in [0, 0.1) is 13.8 Å². The molecule has 2 rings (SSSR count). The fraction of sp³-hybridized carbons (Fsp3) is 0.455. The minimum absolute atomic E-state index is 0.596. The highest BCUT2D eigenvalue weighted by atomic mass is 32.2. The van der Waals surface area contributed by atoms with Crippen LogP contribution in [0.1, 0.15) is 18.1 Å². The van der Waals surface area contributed by atoms with Gasteiger partial charge in [0.2, 0.25) is 0 Å². The summed E-state index contributed by atoms with van der Waals surface area (Å²) in [5.74, 6) is 1.18. The number of thioether (sulfide) groups is 1. The minimum atomic E-state index is 0.596. The van der Waals surface area contributed by atoms with Crippen LogP contribution in [-0.2, 0) is 0 Å². The molecular formula is C11H15NS. The van der Waals surface area contributed by atoms with Crippen LogP contribution < -0.4 is 5.32 Å². The van der Waals surface area contributed by atoms with E-state index in [0.29, 0.717) is 6.04 Å². The van der Waals surface area contributed by atoms with Gasteiger partial charge in [0.1, 0.15) is 0 Å². The lowest BCUT2D eigenvalue weighted by molar-refractivity contribution is 0.890. The molecule has 1 atom stereocenters. The zero-order valence-electron chi connectivity index (χ0n) is 8.35. The Bertz CT molecular complexity index is 333. The molecule has 1 aromatic carbocycles. The maximum atomic E-state index is 3.53. The Hall–Kier alpha value is -0.630. The topological polar surface area (TPSA) is 12.0 Å². The summed E-state index contributed by atoms with van der Waals surface area (Å²) in [7, 11) is 0.